The molecule has 0 amide bonds. The first-order valence-electron chi connectivity index (χ1n) is 7.08. The van der Waals surface area contributed by atoms with Gasteiger partial charge in [0, 0.05) is 23.2 Å². The van der Waals surface area contributed by atoms with Gasteiger partial charge in [0.25, 0.3) is 0 Å². The molecule has 1 aromatic heterocycles. The number of benzene rings is 1. The molecular formula is C17H21NO3. The third kappa shape index (κ3) is 2.35. The van der Waals surface area contributed by atoms with Crippen LogP contribution in [0.25, 0.3) is 10.9 Å². The number of carbonyl (C=O) groups excluding carboxylic acids is 1. The SMILES string of the molecule is CCn1c(C)c(C=O)c2cc(C(=O)O)cc(C(C)(C)C)c21. The number of fused-ring (bicyclic) bond motifs is 1. The summed E-state index contributed by atoms with van der Waals surface area (Å²) in [6.07, 6.45) is 0.821. The summed E-state index contributed by atoms with van der Waals surface area (Å²) in [7, 11) is 0. The molecule has 1 heterocycles. The molecule has 2 rings (SSSR count). The maximum Gasteiger partial charge on any atom is 0.335 e. The monoisotopic (exact) mass is 287 g/mol. The van der Waals surface area contributed by atoms with Crippen LogP contribution in [0.3, 0.4) is 0 Å². The second-order valence-corrected chi connectivity index (χ2v) is 6.34. The van der Waals surface area contributed by atoms with Crippen LogP contribution in [0, 0.1) is 6.92 Å². The van der Waals surface area contributed by atoms with E-state index in [0.717, 1.165) is 35.0 Å². The second-order valence-electron chi connectivity index (χ2n) is 6.34. The average molecular weight is 287 g/mol. The van der Waals surface area contributed by atoms with Crippen molar-refractivity contribution in [1.29, 1.82) is 0 Å². The van der Waals surface area contributed by atoms with Crippen molar-refractivity contribution in [1.82, 2.24) is 4.57 Å². The minimum atomic E-state index is -0.971. The van der Waals surface area contributed by atoms with E-state index in [1.165, 1.54) is 0 Å². The highest BCUT2D eigenvalue weighted by Crippen LogP contribution is 2.35. The van der Waals surface area contributed by atoms with Crippen LogP contribution >= 0.6 is 0 Å². The van der Waals surface area contributed by atoms with E-state index < -0.39 is 5.97 Å². The molecule has 0 atom stereocenters. The van der Waals surface area contributed by atoms with E-state index in [1.807, 2.05) is 13.8 Å². The summed E-state index contributed by atoms with van der Waals surface area (Å²) >= 11 is 0. The number of hydrogen-bond acceptors (Lipinski definition) is 2. The lowest BCUT2D eigenvalue weighted by molar-refractivity contribution is 0.0696. The molecule has 112 valence electrons. The fourth-order valence-electron chi connectivity index (χ4n) is 2.88. The van der Waals surface area contributed by atoms with Gasteiger partial charge in [0.05, 0.1) is 11.1 Å². The molecule has 0 aliphatic heterocycles. The van der Waals surface area contributed by atoms with Gasteiger partial charge in [0.1, 0.15) is 0 Å². The number of carbonyl (C=O) groups is 2. The van der Waals surface area contributed by atoms with Crippen LogP contribution in [0.4, 0.5) is 0 Å². The van der Waals surface area contributed by atoms with Gasteiger partial charge in [0.2, 0.25) is 0 Å². The lowest BCUT2D eigenvalue weighted by Crippen LogP contribution is -2.15. The Balaban J connectivity index is 3.05. The van der Waals surface area contributed by atoms with E-state index in [0.29, 0.717) is 5.56 Å². The number of carboxylic acids is 1. The highest BCUT2D eigenvalue weighted by Gasteiger charge is 2.25. The van der Waals surface area contributed by atoms with Crippen LogP contribution in [-0.2, 0) is 12.0 Å². The molecule has 0 radical (unpaired) electrons. The first-order chi connectivity index (χ1) is 9.72. The summed E-state index contributed by atoms with van der Waals surface area (Å²) < 4.78 is 2.09. The number of nitrogens with zero attached hydrogens (tertiary/aromatic N) is 1. The fourth-order valence-corrected chi connectivity index (χ4v) is 2.88. The van der Waals surface area contributed by atoms with Crippen LogP contribution in [0.1, 0.15) is 59.7 Å². The molecule has 1 N–H and O–H groups in total. The number of rotatable bonds is 3. The predicted molar refractivity (Wildman–Crippen MR) is 83.4 cm³/mol. The standard InChI is InChI=1S/C17H21NO3/c1-6-18-10(2)13(9-19)12-7-11(16(20)21)8-14(15(12)18)17(3,4)5/h7-9H,6H2,1-5H3,(H,20,21). The number of aldehydes is 1. The summed E-state index contributed by atoms with van der Waals surface area (Å²) in [5.74, 6) is -0.971. The second kappa shape index (κ2) is 5.02. The van der Waals surface area contributed by atoms with Gasteiger partial charge in [-0.2, -0.15) is 0 Å². The summed E-state index contributed by atoms with van der Waals surface area (Å²) in [5, 5.41) is 10.1. The molecule has 4 heteroatoms. The fraction of sp³-hybridized carbons (Fsp3) is 0.412. The topological polar surface area (TPSA) is 59.3 Å². The summed E-state index contributed by atoms with van der Waals surface area (Å²) in [6.45, 7) is 10.8. The Morgan fingerprint density at radius 2 is 1.95 bits per heavy atom. The number of hydrogen-bond donors (Lipinski definition) is 1. The van der Waals surface area contributed by atoms with E-state index in [2.05, 4.69) is 25.3 Å². The Morgan fingerprint density at radius 1 is 1.33 bits per heavy atom. The number of aryl methyl sites for hydroxylation is 1. The minimum absolute atomic E-state index is 0.207. The lowest BCUT2D eigenvalue weighted by atomic mass is 9.84. The smallest absolute Gasteiger partial charge is 0.335 e. The first kappa shape index (κ1) is 15.3. The zero-order valence-corrected chi connectivity index (χ0v) is 13.2. The van der Waals surface area contributed by atoms with Crippen molar-refractivity contribution < 1.29 is 14.7 Å². The first-order valence-corrected chi connectivity index (χ1v) is 7.08. The van der Waals surface area contributed by atoms with E-state index >= 15 is 0 Å². The summed E-state index contributed by atoms with van der Waals surface area (Å²) in [6, 6.07) is 3.33. The van der Waals surface area contributed by atoms with Gasteiger partial charge in [-0.3, -0.25) is 4.79 Å². The Kier molecular flexibility index (Phi) is 3.66. The minimum Gasteiger partial charge on any atom is -0.478 e. The quantitative estimate of drug-likeness (QED) is 0.874. The van der Waals surface area contributed by atoms with Gasteiger partial charge in [-0.15, -0.1) is 0 Å². The van der Waals surface area contributed by atoms with Crippen LogP contribution in [0.15, 0.2) is 12.1 Å². The number of carboxylic acid groups (broad SMARTS) is 1. The van der Waals surface area contributed by atoms with E-state index in [9.17, 15) is 14.7 Å². The van der Waals surface area contributed by atoms with Crippen LogP contribution in [0.5, 0.6) is 0 Å². The molecule has 0 aliphatic rings. The van der Waals surface area contributed by atoms with Gasteiger partial charge < -0.3 is 9.67 Å². The van der Waals surface area contributed by atoms with E-state index in [-0.39, 0.29) is 11.0 Å². The zero-order chi connectivity index (χ0) is 15.9. The van der Waals surface area contributed by atoms with Gasteiger partial charge in [-0.1, -0.05) is 20.8 Å². The molecule has 0 saturated heterocycles. The average Bonchev–Trinajstić information content (AvgIpc) is 2.66. The van der Waals surface area contributed by atoms with Gasteiger partial charge in [-0.25, -0.2) is 4.79 Å². The van der Waals surface area contributed by atoms with Crippen molar-refractivity contribution in [2.24, 2.45) is 0 Å². The van der Waals surface area contributed by atoms with Gasteiger partial charge in [0.15, 0.2) is 6.29 Å². The van der Waals surface area contributed by atoms with Crippen molar-refractivity contribution in [2.75, 3.05) is 0 Å². The summed E-state index contributed by atoms with van der Waals surface area (Å²) in [4.78, 5) is 22.8. The van der Waals surface area contributed by atoms with E-state index in [4.69, 9.17) is 0 Å². The molecule has 2 aromatic rings. The molecule has 0 fully saturated rings. The molecule has 0 spiro atoms. The van der Waals surface area contributed by atoms with Gasteiger partial charge >= 0.3 is 5.97 Å². The molecule has 21 heavy (non-hydrogen) atoms. The molecule has 0 unspecified atom stereocenters. The molecule has 1 aromatic carbocycles. The molecule has 0 bridgehead atoms. The highest BCUT2D eigenvalue weighted by atomic mass is 16.4. The number of aromatic carboxylic acids is 1. The molecule has 0 saturated carbocycles. The Hall–Kier alpha value is -2.10. The van der Waals surface area contributed by atoms with Gasteiger partial charge in [-0.05, 0) is 37.0 Å². The Labute approximate surface area is 124 Å². The van der Waals surface area contributed by atoms with Crippen LogP contribution < -0.4 is 0 Å². The van der Waals surface area contributed by atoms with Crippen molar-refractivity contribution in [3.8, 4) is 0 Å². The van der Waals surface area contributed by atoms with E-state index in [1.54, 1.807) is 12.1 Å². The van der Waals surface area contributed by atoms with Crippen molar-refractivity contribution >= 4 is 23.2 Å². The zero-order valence-electron chi connectivity index (χ0n) is 13.2. The number of aromatic nitrogens is 1. The normalized spacial score (nSPS) is 11.9. The van der Waals surface area contributed by atoms with Crippen molar-refractivity contribution in [2.45, 2.75) is 46.6 Å². The highest BCUT2D eigenvalue weighted by molar-refractivity contribution is 6.04. The van der Waals surface area contributed by atoms with Crippen LogP contribution in [0.2, 0.25) is 0 Å². The maximum atomic E-state index is 11.5. The predicted octanol–water partition coefficient (Wildman–Crippen LogP) is 3.78. The molecular weight excluding hydrogens is 266 g/mol. The van der Waals surface area contributed by atoms with Crippen molar-refractivity contribution in [3.05, 3.63) is 34.5 Å². The molecule has 4 nitrogen and oxygen atoms in total. The maximum absolute atomic E-state index is 11.5. The largest absolute Gasteiger partial charge is 0.478 e. The third-order valence-electron chi connectivity index (χ3n) is 3.95. The molecule has 0 aliphatic carbocycles. The lowest BCUT2D eigenvalue weighted by Gasteiger charge is -2.22. The Bertz CT molecular complexity index is 733. The summed E-state index contributed by atoms with van der Waals surface area (Å²) in [5.41, 5.74) is 3.41. The Morgan fingerprint density at radius 3 is 2.38 bits per heavy atom. The van der Waals surface area contributed by atoms with Crippen molar-refractivity contribution in [3.63, 3.8) is 0 Å². The van der Waals surface area contributed by atoms with Crippen LogP contribution in [-0.4, -0.2) is 21.9 Å². The third-order valence-corrected chi connectivity index (χ3v) is 3.95.